The number of rotatable bonds is 7. The van der Waals surface area contributed by atoms with Crippen LogP contribution in [0.25, 0.3) is 11.3 Å². The van der Waals surface area contributed by atoms with Gasteiger partial charge in [-0.15, -0.1) is 0 Å². The van der Waals surface area contributed by atoms with Crippen LogP contribution in [0.4, 0.5) is 10.2 Å². The molecule has 36 heavy (non-hydrogen) atoms. The molecule has 1 aromatic carbocycles. The minimum atomic E-state index is -0.740. The maximum atomic E-state index is 14.0. The number of hydrogen-bond donors (Lipinski definition) is 3. The van der Waals surface area contributed by atoms with Gasteiger partial charge in [0.2, 0.25) is 5.91 Å². The van der Waals surface area contributed by atoms with Gasteiger partial charge in [0, 0.05) is 30.9 Å². The number of ether oxygens (including phenoxy) is 1. The molecule has 2 amide bonds. The van der Waals surface area contributed by atoms with Gasteiger partial charge in [0.05, 0.1) is 17.7 Å². The fraction of sp³-hybridized carbons (Fsp3) is 0.250. The van der Waals surface area contributed by atoms with Gasteiger partial charge < -0.3 is 26.2 Å². The average molecular weight is 515 g/mol. The van der Waals surface area contributed by atoms with Crippen molar-refractivity contribution in [3.63, 3.8) is 0 Å². The fourth-order valence-electron chi connectivity index (χ4n) is 4.05. The van der Waals surface area contributed by atoms with E-state index in [2.05, 4.69) is 10.1 Å². The number of likely N-dealkylation sites (tertiary alicyclic amines) is 1. The monoisotopic (exact) mass is 514 g/mol. The van der Waals surface area contributed by atoms with Crippen LogP contribution >= 0.6 is 11.6 Å². The molecule has 0 saturated carbocycles. The Morgan fingerprint density at radius 2 is 2.06 bits per heavy atom. The summed E-state index contributed by atoms with van der Waals surface area (Å²) in [5, 5.41) is 13.7. The lowest BCUT2D eigenvalue weighted by Crippen LogP contribution is -2.40. The lowest BCUT2D eigenvalue weighted by molar-refractivity contribution is -0.127. The van der Waals surface area contributed by atoms with Crippen LogP contribution in [0, 0.1) is 5.82 Å². The van der Waals surface area contributed by atoms with Crippen molar-refractivity contribution < 1.29 is 23.8 Å². The normalized spacial score (nSPS) is 15.9. The number of nitrogen functional groups attached to an aromatic ring is 1. The van der Waals surface area contributed by atoms with Crippen molar-refractivity contribution in [3.8, 4) is 22.9 Å². The highest BCUT2D eigenvalue weighted by Crippen LogP contribution is 2.33. The third-order valence-corrected chi connectivity index (χ3v) is 5.94. The van der Waals surface area contributed by atoms with Crippen LogP contribution in [0.1, 0.15) is 29.2 Å². The zero-order valence-electron chi connectivity index (χ0n) is 19.1. The molecule has 5 N–H and O–H groups in total. The largest absolute Gasteiger partial charge is 0.436 e. The van der Waals surface area contributed by atoms with Crippen molar-refractivity contribution in [1.29, 1.82) is 0 Å². The van der Waals surface area contributed by atoms with E-state index in [1.165, 1.54) is 23.0 Å². The molecule has 12 heteroatoms. The Bertz CT molecular complexity index is 1310. The molecule has 10 nitrogen and oxygen atoms in total. The quantitative estimate of drug-likeness (QED) is 0.410. The standard InChI is InChI=1S/C24H24ClFN6O4/c25-15-11-18(26)24(29-12-15)36-17-7-5-14(6-8-17)21-20(23(28)35)22(27)32(30-21)16-3-1-9-31(13-16)19(34)4-2-10-33/h2,4-8,11-12,16,33H,1,3,9-10,13,27H2,(H2,28,35)/b4-2+. The van der Waals surface area contributed by atoms with E-state index in [1.54, 1.807) is 29.2 Å². The van der Waals surface area contributed by atoms with Gasteiger partial charge >= 0.3 is 0 Å². The lowest BCUT2D eigenvalue weighted by Gasteiger charge is -2.32. The van der Waals surface area contributed by atoms with Gasteiger partial charge in [-0.05, 0) is 43.2 Å². The Morgan fingerprint density at radius 1 is 1.31 bits per heavy atom. The van der Waals surface area contributed by atoms with Crippen molar-refractivity contribution in [1.82, 2.24) is 19.7 Å². The first-order chi connectivity index (χ1) is 17.3. The maximum Gasteiger partial charge on any atom is 0.255 e. The molecule has 1 saturated heterocycles. The Labute approximate surface area is 210 Å². The highest BCUT2D eigenvalue weighted by atomic mass is 35.5. The number of carbonyl (C=O) groups is 2. The number of pyridine rings is 1. The van der Waals surface area contributed by atoms with Crippen LogP contribution in [-0.2, 0) is 4.79 Å². The van der Waals surface area contributed by atoms with Crippen molar-refractivity contribution in [3.05, 3.63) is 65.1 Å². The highest BCUT2D eigenvalue weighted by Gasteiger charge is 2.29. The second-order valence-corrected chi connectivity index (χ2v) is 8.59. The van der Waals surface area contributed by atoms with Gasteiger partial charge in [-0.25, -0.2) is 14.1 Å². The third-order valence-electron chi connectivity index (χ3n) is 5.73. The molecule has 0 spiro atoms. The van der Waals surface area contributed by atoms with Crippen molar-refractivity contribution >= 4 is 29.2 Å². The number of nitrogens with zero attached hydrogens (tertiary/aromatic N) is 4. The first-order valence-electron chi connectivity index (χ1n) is 11.1. The van der Waals surface area contributed by atoms with Crippen LogP contribution < -0.4 is 16.2 Å². The van der Waals surface area contributed by atoms with Gasteiger partial charge in [-0.1, -0.05) is 17.7 Å². The number of aliphatic hydroxyl groups excluding tert-OH is 1. The minimum absolute atomic E-state index is 0.0673. The molecule has 0 bridgehead atoms. The van der Waals surface area contributed by atoms with E-state index >= 15 is 0 Å². The second kappa shape index (κ2) is 10.8. The van der Waals surface area contributed by atoms with E-state index in [-0.39, 0.29) is 46.5 Å². The van der Waals surface area contributed by atoms with Crippen LogP contribution in [-0.4, -0.2) is 56.3 Å². The molecule has 1 unspecified atom stereocenters. The Balaban J connectivity index is 1.60. The Hall–Kier alpha value is -3.96. The smallest absolute Gasteiger partial charge is 0.255 e. The number of hydrogen-bond acceptors (Lipinski definition) is 7. The molecule has 0 aliphatic carbocycles. The number of primary amides is 1. The number of anilines is 1. The molecule has 0 radical (unpaired) electrons. The number of aromatic nitrogens is 3. The molecule has 4 rings (SSSR count). The predicted octanol–water partition coefficient (Wildman–Crippen LogP) is 2.92. The van der Waals surface area contributed by atoms with Gasteiger partial charge in [0.15, 0.2) is 5.82 Å². The van der Waals surface area contributed by atoms with Crippen LogP contribution in [0.5, 0.6) is 11.6 Å². The molecule has 188 valence electrons. The summed E-state index contributed by atoms with van der Waals surface area (Å²) in [5.74, 6) is -1.49. The van der Waals surface area contributed by atoms with Crippen LogP contribution in [0.3, 0.4) is 0 Å². The van der Waals surface area contributed by atoms with E-state index in [0.29, 0.717) is 37.2 Å². The summed E-state index contributed by atoms with van der Waals surface area (Å²) in [7, 11) is 0. The highest BCUT2D eigenvalue weighted by molar-refractivity contribution is 6.30. The Kier molecular flexibility index (Phi) is 7.51. The second-order valence-electron chi connectivity index (χ2n) is 8.15. The van der Waals surface area contributed by atoms with Gasteiger partial charge in [-0.3, -0.25) is 9.59 Å². The minimum Gasteiger partial charge on any atom is -0.436 e. The van der Waals surface area contributed by atoms with E-state index in [0.717, 1.165) is 6.07 Å². The van der Waals surface area contributed by atoms with Gasteiger partial charge in [0.25, 0.3) is 11.8 Å². The van der Waals surface area contributed by atoms with Gasteiger partial charge in [0.1, 0.15) is 22.8 Å². The topological polar surface area (TPSA) is 150 Å². The number of amides is 2. The molecule has 1 fully saturated rings. The summed E-state index contributed by atoms with van der Waals surface area (Å²) in [6.07, 6.45) is 5.38. The first-order valence-corrected chi connectivity index (χ1v) is 11.5. The molecular weight excluding hydrogens is 491 g/mol. The number of nitrogens with two attached hydrogens (primary N) is 2. The zero-order chi connectivity index (χ0) is 25.8. The van der Waals surface area contributed by atoms with Crippen LogP contribution in [0.2, 0.25) is 5.02 Å². The molecule has 2 aromatic heterocycles. The summed E-state index contributed by atoms with van der Waals surface area (Å²) in [6, 6.07) is 7.24. The van der Waals surface area contributed by atoms with Crippen molar-refractivity contribution in [2.24, 2.45) is 5.73 Å². The van der Waals surface area contributed by atoms with Crippen LogP contribution in [0.15, 0.2) is 48.7 Å². The molecular formula is C24H24ClFN6O4. The molecule has 1 atom stereocenters. The fourth-order valence-corrected chi connectivity index (χ4v) is 4.20. The predicted molar refractivity (Wildman–Crippen MR) is 131 cm³/mol. The summed E-state index contributed by atoms with van der Waals surface area (Å²) in [6.45, 7) is 0.673. The SMILES string of the molecule is NC(=O)c1c(-c2ccc(Oc3ncc(Cl)cc3F)cc2)nn(C2CCCN(C(=O)/C=C/CO)C2)c1N. The van der Waals surface area contributed by atoms with E-state index in [4.69, 9.17) is 32.9 Å². The van der Waals surface area contributed by atoms with E-state index in [9.17, 15) is 14.0 Å². The number of carbonyl (C=O) groups excluding carboxylic acids is 2. The van der Waals surface area contributed by atoms with E-state index in [1.807, 2.05) is 0 Å². The number of halogens is 2. The van der Waals surface area contributed by atoms with Crippen molar-refractivity contribution in [2.75, 3.05) is 25.4 Å². The maximum absolute atomic E-state index is 14.0. The summed E-state index contributed by atoms with van der Waals surface area (Å²) < 4.78 is 21.0. The molecule has 3 heterocycles. The number of piperidine rings is 1. The number of benzene rings is 1. The first kappa shape index (κ1) is 25.1. The van der Waals surface area contributed by atoms with Crippen molar-refractivity contribution in [2.45, 2.75) is 18.9 Å². The van der Waals surface area contributed by atoms with E-state index < -0.39 is 11.7 Å². The summed E-state index contributed by atoms with van der Waals surface area (Å²) in [4.78, 5) is 30.1. The molecule has 1 aliphatic rings. The zero-order valence-corrected chi connectivity index (χ0v) is 19.9. The third kappa shape index (κ3) is 5.31. The number of aliphatic hydroxyl groups is 1. The molecule has 3 aromatic rings. The summed E-state index contributed by atoms with van der Waals surface area (Å²) in [5.41, 5.74) is 12.8. The lowest BCUT2D eigenvalue weighted by atomic mass is 10.1. The van der Waals surface area contributed by atoms with Gasteiger partial charge in [-0.2, -0.15) is 5.10 Å². The molecule has 1 aliphatic heterocycles. The summed E-state index contributed by atoms with van der Waals surface area (Å²) >= 11 is 5.72. The Morgan fingerprint density at radius 3 is 2.72 bits per heavy atom. The average Bonchev–Trinajstić information content (AvgIpc) is 3.22.